The highest BCUT2D eigenvalue weighted by molar-refractivity contribution is 5.97. The number of ether oxygens (including phenoxy) is 1. The van der Waals surface area contributed by atoms with Crippen molar-refractivity contribution in [3.63, 3.8) is 0 Å². The van der Waals surface area contributed by atoms with Gasteiger partial charge in [0.05, 0.1) is 12.7 Å². The quantitative estimate of drug-likeness (QED) is 0.813. The Hall–Kier alpha value is -2.49. The van der Waals surface area contributed by atoms with Crippen LogP contribution in [0.25, 0.3) is 11.1 Å². The maximum atomic E-state index is 11.2. The first kappa shape index (κ1) is 12.0. The van der Waals surface area contributed by atoms with Crippen LogP contribution in [0, 0.1) is 0 Å². The summed E-state index contributed by atoms with van der Waals surface area (Å²) in [6.45, 7) is 0. The molecule has 0 heterocycles. The van der Waals surface area contributed by atoms with Gasteiger partial charge in [0.25, 0.3) is 0 Å². The van der Waals surface area contributed by atoms with Crippen molar-refractivity contribution in [3.8, 4) is 16.9 Å². The summed E-state index contributed by atoms with van der Waals surface area (Å²) in [7, 11) is 1.53. The van der Waals surface area contributed by atoms with E-state index in [1.165, 1.54) is 7.11 Å². The highest BCUT2D eigenvalue weighted by Gasteiger charge is 2.14. The molecule has 92 valence electrons. The number of methoxy groups -OCH3 is 1. The Kier molecular flexibility index (Phi) is 3.19. The molecular formula is C14H13NO3. The zero-order valence-electron chi connectivity index (χ0n) is 9.88. The average molecular weight is 243 g/mol. The molecule has 0 aliphatic rings. The maximum Gasteiger partial charge on any atom is 0.336 e. The zero-order chi connectivity index (χ0) is 13.1. The topological polar surface area (TPSA) is 72.5 Å². The number of carboxylic acid groups (broad SMARTS) is 1. The van der Waals surface area contributed by atoms with Crippen LogP contribution >= 0.6 is 0 Å². The van der Waals surface area contributed by atoms with E-state index in [1.807, 2.05) is 0 Å². The molecule has 0 aromatic heterocycles. The lowest BCUT2D eigenvalue weighted by atomic mass is 9.98. The highest BCUT2D eigenvalue weighted by Crippen LogP contribution is 2.33. The third kappa shape index (κ3) is 2.13. The minimum absolute atomic E-state index is 0.237. The van der Waals surface area contributed by atoms with Crippen LogP contribution in [0.2, 0.25) is 0 Å². The summed E-state index contributed by atoms with van der Waals surface area (Å²) in [6, 6.07) is 11.9. The van der Waals surface area contributed by atoms with E-state index < -0.39 is 5.97 Å². The number of hydrogen-bond donors (Lipinski definition) is 2. The average Bonchev–Trinajstić information content (AvgIpc) is 2.38. The molecule has 0 saturated heterocycles. The van der Waals surface area contributed by atoms with E-state index in [4.69, 9.17) is 10.5 Å². The first-order valence-electron chi connectivity index (χ1n) is 5.39. The molecule has 0 amide bonds. The second-order valence-corrected chi connectivity index (χ2v) is 3.81. The van der Waals surface area contributed by atoms with E-state index >= 15 is 0 Å². The van der Waals surface area contributed by atoms with Gasteiger partial charge in [-0.25, -0.2) is 4.79 Å². The molecule has 0 spiro atoms. The molecule has 4 heteroatoms. The van der Waals surface area contributed by atoms with Crippen LogP contribution < -0.4 is 10.5 Å². The first-order valence-corrected chi connectivity index (χ1v) is 5.39. The van der Waals surface area contributed by atoms with E-state index in [0.717, 1.165) is 0 Å². The number of benzene rings is 2. The van der Waals surface area contributed by atoms with Gasteiger partial charge in [0.1, 0.15) is 5.75 Å². The van der Waals surface area contributed by atoms with Gasteiger partial charge in [0.15, 0.2) is 0 Å². The van der Waals surface area contributed by atoms with Crippen molar-refractivity contribution < 1.29 is 14.6 Å². The van der Waals surface area contributed by atoms with Gasteiger partial charge < -0.3 is 15.6 Å². The van der Waals surface area contributed by atoms with E-state index in [9.17, 15) is 9.90 Å². The third-order valence-corrected chi connectivity index (χ3v) is 2.67. The van der Waals surface area contributed by atoms with Crippen molar-refractivity contribution in [2.24, 2.45) is 0 Å². The van der Waals surface area contributed by atoms with E-state index in [2.05, 4.69) is 0 Å². The Labute approximate surface area is 105 Å². The highest BCUT2D eigenvalue weighted by atomic mass is 16.5. The molecule has 0 unspecified atom stereocenters. The first-order chi connectivity index (χ1) is 8.63. The van der Waals surface area contributed by atoms with Crippen LogP contribution in [0.1, 0.15) is 10.4 Å². The Balaban J connectivity index is 2.65. The van der Waals surface area contributed by atoms with Gasteiger partial charge in [0, 0.05) is 17.3 Å². The summed E-state index contributed by atoms with van der Waals surface area (Å²) in [5.74, 6) is -0.409. The van der Waals surface area contributed by atoms with Gasteiger partial charge >= 0.3 is 5.97 Å². The Morgan fingerprint density at radius 2 is 1.89 bits per heavy atom. The van der Waals surface area contributed by atoms with Gasteiger partial charge in [-0.3, -0.25) is 0 Å². The fourth-order valence-corrected chi connectivity index (χ4v) is 1.83. The van der Waals surface area contributed by atoms with Crippen molar-refractivity contribution >= 4 is 11.7 Å². The van der Waals surface area contributed by atoms with Gasteiger partial charge in [0.2, 0.25) is 0 Å². The number of hydrogen-bond acceptors (Lipinski definition) is 3. The van der Waals surface area contributed by atoms with E-state index in [0.29, 0.717) is 22.6 Å². The standard InChI is InChI=1S/C14H13NO3/c1-18-13-8-9(15)6-7-11(13)10-4-2-3-5-12(10)14(16)17/h2-8H,15H2,1H3,(H,16,17). The fraction of sp³-hybridized carbons (Fsp3) is 0.0714. The molecule has 0 aliphatic carbocycles. The van der Waals surface area contributed by atoms with Gasteiger partial charge in [-0.2, -0.15) is 0 Å². The molecule has 2 aromatic rings. The largest absolute Gasteiger partial charge is 0.496 e. The fourth-order valence-electron chi connectivity index (χ4n) is 1.83. The summed E-state index contributed by atoms with van der Waals surface area (Å²) >= 11 is 0. The van der Waals surface area contributed by atoms with Crippen molar-refractivity contribution in [2.75, 3.05) is 12.8 Å². The SMILES string of the molecule is COc1cc(N)ccc1-c1ccccc1C(=O)O. The Bertz CT molecular complexity index is 593. The number of aromatic carboxylic acids is 1. The second-order valence-electron chi connectivity index (χ2n) is 3.81. The lowest BCUT2D eigenvalue weighted by molar-refractivity contribution is 0.0698. The number of carboxylic acids is 1. The van der Waals surface area contributed by atoms with Crippen molar-refractivity contribution in [1.29, 1.82) is 0 Å². The second kappa shape index (κ2) is 4.79. The summed E-state index contributed by atoms with van der Waals surface area (Å²) in [4.78, 5) is 11.2. The van der Waals surface area contributed by atoms with Gasteiger partial charge in [-0.1, -0.05) is 18.2 Å². The van der Waals surface area contributed by atoms with Gasteiger partial charge in [-0.05, 0) is 23.8 Å². The Morgan fingerprint density at radius 3 is 2.56 bits per heavy atom. The molecule has 0 bridgehead atoms. The summed E-state index contributed by atoms with van der Waals surface area (Å²) < 4.78 is 5.24. The van der Waals surface area contributed by atoms with Crippen LogP contribution in [0.3, 0.4) is 0 Å². The van der Waals surface area contributed by atoms with E-state index in [1.54, 1.807) is 42.5 Å². The molecule has 0 atom stereocenters. The number of rotatable bonds is 3. The molecule has 2 rings (SSSR count). The molecule has 3 N–H and O–H groups in total. The summed E-state index contributed by atoms with van der Waals surface area (Å²) in [6.07, 6.45) is 0. The normalized spacial score (nSPS) is 10.1. The predicted molar refractivity (Wildman–Crippen MR) is 69.8 cm³/mol. The summed E-state index contributed by atoms with van der Waals surface area (Å²) in [5.41, 5.74) is 7.82. The minimum Gasteiger partial charge on any atom is -0.496 e. The number of nitrogen functional groups attached to an aromatic ring is 1. The molecular weight excluding hydrogens is 230 g/mol. The van der Waals surface area contributed by atoms with Crippen molar-refractivity contribution in [2.45, 2.75) is 0 Å². The third-order valence-electron chi connectivity index (χ3n) is 2.67. The Morgan fingerprint density at radius 1 is 1.17 bits per heavy atom. The lowest BCUT2D eigenvalue weighted by Gasteiger charge is -2.11. The van der Waals surface area contributed by atoms with Crippen LogP contribution in [0.5, 0.6) is 5.75 Å². The molecule has 0 saturated carbocycles. The number of carbonyl (C=O) groups is 1. The summed E-state index contributed by atoms with van der Waals surface area (Å²) in [5, 5.41) is 9.18. The van der Waals surface area contributed by atoms with E-state index in [-0.39, 0.29) is 5.56 Å². The maximum absolute atomic E-state index is 11.2. The van der Waals surface area contributed by atoms with Crippen LogP contribution in [-0.2, 0) is 0 Å². The molecule has 0 aliphatic heterocycles. The monoisotopic (exact) mass is 243 g/mol. The van der Waals surface area contributed by atoms with Crippen molar-refractivity contribution in [1.82, 2.24) is 0 Å². The molecule has 2 aromatic carbocycles. The zero-order valence-corrected chi connectivity index (χ0v) is 9.88. The number of nitrogens with two attached hydrogens (primary N) is 1. The molecule has 0 fully saturated rings. The molecule has 18 heavy (non-hydrogen) atoms. The molecule has 4 nitrogen and oxygen atoms in total. The van der Waals surface area contributed by atoms with Crippen LogP contribution in [0.4, 0.5) is 5.69 Å². The molecule has 0 radical (unpaired) electrons. The number of anilines is 1. The lowest BCUT2D eigenvalue weighted by Crippen LogP contribution is -2.00. The van der Waals surface area contributed by atoms with Crippen LogP contribution in [0.15, 0.2) is 42.5 Å². The van der Waals surface area contributed by atoms with Crippen molar-refractivity contribution in [3.05, 3.63) is 48.0 Å². The van der Waals surface area contributed by atoms with Gasteiger partial charge in [-0.15, -0.1) is 0 Å². The van der Waals surface area contributed by atoms with Crippen LogP contribution in [-0.4, -0.2) is 18.2 Å². The smallest absolute Gasteiger partial charge is 0.336 e. The predicted octanol–water partition coefficient (Wildman–Crippen LogP) is 2.64. The minimum atomic E-state index is -0.968.